The maximum atomic E-state index is 15.0. The van der Waals surface area contributed by atoms with Crippen molar-refractivity contribution in [2.45, 2.75) is 143 Å². The molecule has 3 aliphatic heterocycles. The second kappa shape index (κ2) is 16.5. The molecule has 1 spiro atoms. The highest BCUT2D eigenvalue weighted by atomic mass is 16.6. The van der Waals surface area contributed by atoms with E-state index in [1.807, 2.05) is 46.8 Å². The Labute approximate surface area is 333 Å². The monoisotopic (exact) mass is 769 g/mol. The van der Waals surface area contributed by atoms with Crippen LogP contribution in [0.4, 0.5) is 0 Å². The highest BCUT2D eigenvalue weighted by Gasteiger charge is 2.81. The molecule has 4 bridgehead atoms. The number of carbonyl (C=O) groups is 3. The Morgan fingerprint density at radius 1 is 0.911 bits per heavy atom. The van der Waals surface area contributed by atoms with Crippen molar-refractivity contribution in [2.24, 2.45) is 11.8 Å². The van der Waals surface area contributed by atoms with E-state index in [-0.39, 0.29) is 53.4 Å². The molecule has 2 saturated heterocycles. The minimum Gasteiger partial charge on any atom is -0.507 e. The van der Waals surface area contributed by atoms with Crippen LogP contribution in [0.5, 0.6) is 17.2 Å². The Balaban J connectivity index is 1.33. The number of carbonyl (C=O) groups excluding carboxylic acids is 3. The third kappa shape index (κ3) is 7.58. The van der Waals surface area contributed by atoms with Crippen LogP contribution in [-0.2, 0) is 31.9 Å². The summed E-state index contributed by atoms with van der Waals surface area (Å²) >= 11 is 0. The van der Waals surface area contributed by atoms with E-state index in [1.165, 1.54) is 31.5 Å². The molecule has 1 saturated carbocycles. The summed E-state index contributed by atoms with van der Waals surface area (Å²) in [5, 5.41) is 23.8. The second-order valence-corrected chi connectivity index (χ2v) is 17.8. The number of benzene rings is 1. The number of ketones is 2. The van der Waals surface area contributed by atoms with Crippen LogP contribution in [0.2, 0.25) is 0 Å². The first kappa shape index (κ1) is 41.7. The van der Waals surface area contributed by atoms with Crippen LogP contribution in [0.1, 0.15) is 135 Å². The van der Waals surface area contributed by atoms with Gasteiger partial charge in [-0.15, -0.1) is 0 Å². The standard InChI is InChI=1S/C47H63NO8/c1-29(2)15-14-16-31(5)18-20-34-39(49)35(19-17-30(3)4)42-38(40(34)50)41(51)36-27-33-28-37-45(7,8)56-46(43(33)52,47(36,37)55-42)22-21-32(6)44(53)54-26-13-9-10-23-48-24-11-12-25-48/h15,17-18,21,27,33,37,49-50H,9-14,16,19-20,22-26,28H2,1-8H3/b31-18+,32-21-. The zero-order chi connectivity index (χ0) is 40.6. The van der Waals surface area contributed by atoms with E-state index < -0.39 is 40.4 Å². The zero-order valence-corrected chi connectivity index (χ0v) is 34.9. The van der Waals surface area contributed by atoms with Gasteiger partial charge < -0.3 is 29.3 Å². The molecule has 9 nitrogen and oxygen atoms in total. The minimum atomic E-state index is -1.62. The van der Waals surface area contributed by atoms with Crippen molar-refractivity contribution in [3.8, 4) is 17.2 Å². The SMILES string of the molecule is CC(C)=CCC/C(C)=C/Cc1c(O)c(CC=C(C)C)c2c(c1O)C(=O)C1=CC3CC4C(C)(C)OC(C/C=C(/C)C(=O)OCCCCCN5CCCC5)(C3=O)C14O2. The van der Waals surface area contributed by atoms with Crippen LogP contribution in [0.25, 0.3) is 0 Å². The lowest BCUT2D eigenvalue weighted by Gasteiger charge is -2.56. The quantitative estimate of drug-likeness (QED) is 0.0734. The van der Waals surface area contributed by atoms with Gasteiger partial charge in [-0.2, -0.15) is 0 Å². The number of likely N-dealkylation sites (tertiary alicyclic amines) is 1. The summed E-state index contributed by atoms with van der Waals surface area (Å²) in [4.78, 5) is 45.2. The molecule has 3 fully saturated rings. The third-order valence-corrected chi connectivity index (χ3v) is 12.7. The highest BCUT2D eigenvalue weighted by Crippen LogP contribution is 2.68. The van der Waals surface area contributed by atoms with Gasteiger partial charge in [0.15, 0.2) is 22.8 Å². The van der Waals surface area contributed by atoms with Crippen molar-refractivity contribution in [1.82, 2.24) is 4.90 Å². The molecule has 4 atom stereocenters. The van der Waals surface area contributed by atoms with Crippen LogP contribution in [0.15, 0.2) is 58.2 Å². The van der Waals surface area contributed by atoms with E-state index in [4.69, 9.17) is 14.2 Å². The van der Waals surface area contributed by atoms with Gasteiger partial charge >= 0.3 is 5.97 Å². The Kier molecular flexibility index (Phi) is 12.3. The largest absolute Gasteiger partial charge is 0.507 e. The number of fused-ring (bicyclic) bond motifs is 1. The van der Waals surface area contributed by atoms with E-state index in [2.05, 4.69) is 24.8 Å². The number of nitrogens with zero attached hydrogens (tertiary/aromatic N) is 1. The molecule has 304 valence electrons. The van der Waals surface area contributed by atoms with Gasteiger partial charge in [-0.05, 0) is 139 Å². The number of allylic oxidation sites excluding steroid dienone is 7. The van der Waals surface area contributed by atoms with Gasteiger partial charge in [-0.3, -0.25) is 9.59 Å². The van der Waals surface area contributed by atoms with E-state index in [1.54, 1.807) is 19.1 Å². The Hall–Kier alpha value is -3.95. The number of esters is 1. The van der Waals surface area contributed by atoms with Gasteiger partial charge in [0.1, 0.15) is 22.8 Å². The summed E-state index contributed by atoms with van der Waals surface area (Å²) in [6.07, 6.45) is 17.5. The molecule has 6 aliphatic rings. The van der Waals surface area contributed by atoms with Crippen molar-refractivity contribution < 1.29 is 38.8 Å². The molecule has 3 heterocycles. The van der Waals surface area contributed by atoms with Gasteiger partial charge in [0, 0.05) is 40.5 Å². The molecule has 0 aromatic heterocycles. The van der Waals surface area contributed by atoms with Crippen LogP contribution in [0, 0.1) is 11.8 Å². The summed E-state index contributed by atoms with van der Waals surface area (Å²) in [6.45, 7) is 19.3. The molecule has 3 aliphatic carbocycles. The van der Waals surface area contributed by atoms with Gasteiger partial charge in [-0.1, -0.05) is 47.1 Å². The Morgan fingerprint density at radius 3 is 2.30 bits per heavy atom. The first-order valence-corrected chi connectivity index (χ1v) is 20.8. The lowest BCUT2D eigenvalue weighted by molar-refractivity contribution is -0.171. The molecule has 1 aromatic rings. The molecule has 0 radical (unpaired) electrons. The fourth-order valence-corrected chi connectivity index (χ4v) is 9.70. The Bertz CT molecular complexity index is 1900. The van der Waals surface area contributed by atoms with E-state index >= 15 is 0 Å². The van der Waals surface area contributed by atoms with Crippen molar-refractivity contribution in [3.63, 3.8) is 0 Å². The van der Waals surface area contributed by atoms with Gasteiger partial charge in [0.05, 0.1) is 12.2 Å². The average Bonchev–Trinajstić information content (AvgIpc) is 3.71. The van der Waals surface area contributed by atoms with Crippen molar-refractivity contribution in [1.29, 1.82) is 0 Å². The van der Waals surface area contributed by atoms with Crippen molar-refractivity contribution in [3.05, 3.63) is 74.9 Å². The molecule has 9 heteroatoms. The molecule has 2 N–H and O–H groups in total. The van der Waals surface area contributed by atoms with Crippen LogP contribution >= 0.6 is 0 Å². The normalized spacial score (nSPS) is 26.4. The molecule has 7 rings (SSSR count). The summed E-state index contributed by atoms with van der Waals surface area (Å²) in [7, 11) is 0. The first-order chi connectivity index (χ1) is 26.5. The molecule has 0 amide bonds. The van der Waals surface area contributed by atoms with E-state index in [0.29, 0.717) is 29.7 Å². The number of unbranched alkanes of at least 4 members (excludes halogenated alkanes) is 2. The number of rotatable bonds is 16. The summed E-state index contributed by atoms with van der Waals surface area (Å²) in [5.41, 5.74) is 0.634. The molecular weight excluding hydrogens is 707 g/mol. The van der Waals surface area contributed by atoms with E-state index in [9.17, 15) is 24.6 Å². The number of phenols is 2. The number of hydrogen-bond donors (Lipinski definition) is 2. The van der Waals surface area contributed by atoms with Crippen LogP contribution < -0.4 is 4.74 Å². The summed E-state index contributed by atoms with van der Waals surface area (Å²) < 4.78 is 19.6. The van der Waals surface area contributed by atoms with Gasteiger partial charge in [0.2, 0.25) is 0 Å². The fraction of sp³-hybridized carbons (Fsp3) is 0.596. The van der Waals surface area contributed by atoms with Gasteiger partial charge in [-0.25, -0.2) is 4.79 Å². The van der Waals surface area contributed by atoms with Crippen molar-refractivity contribution >= 4 is 17.5 Å². The smallest absolute Gasteiger partial charge is 0.333 e. The maximum Gasteiger partial charge on any atom is 0.333 e. The number of Topliss-reactive ketones (excluding diaryl/α,β-unsaturated/α-hetero) is 2. The molecule has 1 aromatic carbocycles. The lowest BCUT2D eigenvalue weighted by atomic mass is 9.51. The third-order valence-electron chi connectivity index (χ3n) is 12.7. The number of ether oxygens (including phenoxy) is 3. The minimum absolute atomic E-state index is 0.00481. The predicted octanol–water partition coefficient (Wildman–Crippen LogP) is 8.99. The molecular formula is C47H63NO8. The maximum absolute atomic E-state index is 15.0. The highest BCUT2D eigenvalue weighted by molar-refractivity contribution is 6.18. The van der Waals surface area contributed by atoms with E-state index in [0.717, 1.165) is 49.8 Å². The van der Waals surface area contributed by atoms with Crippen LogP contribution in [-0.4, -0.2) is 75.7 Å². The molecule has 56 heavy (non-hydrogen) atoms. The zero-order valence-electron chi connectivity index (χ0n) is 34.9. The summed E-state index contributed by atoms with van der Waals surface area (Å²) in [5.74, 6) is -2.42. The number of hydrogen-bond acceptors (Lipinski definition) is 9. The first-order valence-electron chi connectivity index (χ1n) is 20.8. The Morgan fingerprint density at radius 2 is 1.61 bits per heavy atom. The fourth-order valence-electron chi connectivity index (χ4n) is 9.70. The lowest BCUT2D eigenvalue weighted by Crippen LogP contribution is -2.72. The van der Waals surface area contributed by atoms with Crippen LogP contribution in [0.3, 0.4) is 0 Å². The van der Waals surface area contributed by atoms with Crippen molar-refractivity contribution in [2.75, 3.05) is 26.2 Å². The molecule has 4 unspecified atom stereocenters. The number of phenolic OH excluding ortho intramolecular Hbond substituents is 2. The predicted molar refractivity (Wildman–Crippen MR) is 218 cm³/mol. The average molecular weight is 770 g/mol. The summed E-state index contributed by atoms with van der Waals surface area (Å²) in [6, 6.07) is 0. The van der Waals surface area contributed by atoms with Gasteiger partial charge in [0.25, 0.3) is 0 Å². The number of aromatic hydroxyl groups is 2. The second-order valence-electron chi connectivity index (χ2n) is 17.8. The topological polar surface area (TPSA) is 123 Å².